The van der Waals surface area contributed by atoms with Crippen molar-refractivity contribution in [3.63, 3.8) is 0 Å². The lowest BCUT2D eigenvalue weighted by atomic mass is 10.3. The van der Waals surface area contributed by atoms with Crippen LogP contribution in [0.3, 0.4) is 0 Å². The SMILES string of the molecule is CC(=O)/C=C\c1nnn2ccccc12. The molecule has 0 aliphatic carbocycles. The summed E-state index contributed by atoms with van der Waals surface area (Å²) in [6.07, 6.45) is 4.97. The van der Waals surface area contributed by atoms with E-state index in [0.717, 1.165) is 5.52 Å². The van der Waals surface area contributed by atoms with Crippen LogP contribution < -0.4 is 0 Å². The first kappa shape index (κ1) is 8.62. The van der Waals surface area contributed by atoms with Crippen LogP contribution in [0.1, 0.15) is 12.6 Å². The molecule has 0 saturated heterocycles. The predicted molar refractivity (Wildman–Crippen MR) is 52.7 cm³/mol. The van der Waals surface area contributed by atoms with Gasteiger partial charge in [0.1, 0.15) is 5.69 Å². The van der Waals surface area contributed by atoms with Crippen molar-refractivity contribution in [1.29, 1.82) is 0 Å². The number of pyridine rings is 1. The largest absolute Gasteiger partial charge is 0.295 e. The highest BCUT2D eigenvalue weighted by atomic mass is 16.1. The predicted octanol–water partition coefficient (Wildman–Crippen LogP) is 1.33. The smallest absolute Gasteiger partial charge is 0.152 e. The van der Waals surface area contributed by atoms with Crippen molar-refractivity contribution in [2.75, 3.05) is 0 Å². The lowest BCUT2D eigenvalue weighted by Crippen LogP contribution is -1.83. The number of ketones is 1. The van der Waals surface area contributed by atoms with E-state index in [-0.39, 0.29) is 5.78 Å². The molecule has 4 heteroatoms. The Labute approximate surface area is 80.9 Å². The van der Waals surface area contributed by atoms with Crippen LogP contribution in [0.15, 0.2) is 30.5 Å². The molecule has 0 saturated carbocycles. The summed E-state index contributed by atoms with van der Waals surface area (Å²) in [5.74, 6) is 0.00193. The number of rotatable bonds is 2. The monoisotopic (exact) mass is 187 g/mol. The quantitative estimate of drug-likeness (QED) is 0.666. The standard InChI is InChI=1S/C10H9N3O/c1-8(14)5-6-9-10-4-2-3-7-13(10)12-11-9/h2-7H,1H3/b6-5-. The van der Waals surface area contributed by atoms with Gasteiger partial charge in [-0.15, -0.1) is 5.10 Å². The molecule has 0 unspecified atom stereocenters. The fourth-order valence-electron chi connectivity index (χ4n) is 1.18. The molecule has 2 aromatic rings. The highest BCUT2D eigenvalue weighted by Crippen LogP contribution is 2.08. The molecule has 0 aromatic carbocycles. The highest BCUT2D eigenvalue weighted by Gasteiger charge is 2.00. The summed E-state index contributed by atoms with van der Waals surface area (Å²) in [4.78, 5) is 10.7. The van der Waals surface area contributed by atoms with Crippen molar-refractivity contribution >= 4 is 17.4 Å². The number of carbonyl (C=O) groups excluding carboxylic acids is 1. The van der Waals surface area contributed by atoms with Gasteiger partial charge in [-0.25, -0.2) is 4.52 Å². The molecule has 2 heterocycles. The second kappa shape index (κ2) is 3.41. The van der Waals surface area contributed by atoms with Crippen molar-refractivity contribution in [2.24, 2.45) is 0 Å². The first-order chi connectivity index (χ1) is 6.77. The molecule has 2 aromatic heterocycles. The fraction of sp³-hybridized carbons (Fsp3) is 0.100. The van der Waals surface area contributed by atoms with Crippen LogP contribution in [0.4, 0.5) is 0 Å². The molecule has 0 aliphatic rings. The molecule has 0 amide bonds. The van der Waals surface area contributed by atoms with Gasteiger partial charge in [-0.05, 0) is 31.2 Å². The third kappa shape index (κ3) is 1.54. The summed E-state index contributed by atoms with van der Waals surface area (Å²) in [5, 5.41) is 7.84. The van der Waals surface area contributed by atoms with E-state index in [1.807, 2.05) is 24.4 Å². The van der Waals surface area contributed by atoms with Crippen LogP contribution >= 0.6 is 0 Å². The van der Waals surface area contributed by atoms with E-state index < -0.39 is 0 Å². The van der Waals surface area contributed by atoms with Gasteiger partial charge in [0.15, 0.2) is 5.78 Å². The molecular formula is C10H9N3O. The fourth-order valence-corrected chi connectivity index (χ4v) is 1.18. The number of fused-ring (bicyclic) bond motifs is 1. The van der Waals surface area contributed by atoms with Crippen LogP contribution in [0.5, 0.6) is 0 Å². The lowest BCUT2D eigenvalue weighted by Gasteiger charge is -1.88. The molecule has 4 nitrogen and oxygen atoms in total. The summed E-state index contributed by atoms with van der Waals surface area (Å²) in [6, 6.07) is 5.68. The summed E-state index contributed by atoms with van der Waals surface area (Å²) in [5.41, 5.74) is 1.60. The van der Waals surface area contributed by atoms with Gasteiger partial charge in [0.25, 0.3) is 0 Å². The molecule has 2 rings (SSSR count). The molecular weight excluding hydrogens is 178 g/mol. The second-order valence-electron chi connectivity index (χ2n) is 2.95. The Balaban J connectivity index is 2.48. The van der Waals surface area contributed by atoms with E-state index in [1.165, 1.54) is 13.0 Å². The Kier molecular flexibility index (Phi) is 2.10. The first-order valence-corrected chi connectivity index (χ1v) is 4.26. The molecule has 0 spiro atoms. The zero-order valence-corrected chi connectivity index (χ0v) is 7.71. The highest BCUT2D eigenvalue weighted by molar-refractivity contribution is 5.92. The van der Waals surface area contributed by atoms with Crippen LogP contribution in [-0.4, -0.2) is 20.6 Å². The van der Waals surface area contributed by atoms with Crippen LogP contribution in [-0.2, 0) is 4.79 Å². The number of allylic oxidation sites excluding steroid dienone is 1. The van der Waals surface area contributed by atoms with Gasteiger partial charge < -0.3 is 0 Å². The van der Waals surface area contributed by atoms with E-state index in [4.69, 9.17) is 0 Å². The third-order valence-corrected chi connectivity index (χ3v) is 1.83. The molecule has 0 radical (unpaired) electrons. The number of nitrogens with zero attached hydrogens (tertiary/aromatic N) is 3. The lowest BCUT2D eigenvalue weighted by molar-refractivity contribution is -0.112. The van der Waals surface area contributed by atoms with Gasteiger partial charge in [-0.2, -0.15) is 0 Å². The second-order valence-corrected chi connectivity index (χ2v) is 2.95. The van der Waals surface area contributed by atoms with E-state index >= 15 is 0 Å². The van der Waals surface area contributed by atoms with Crippen molar-refractivity contribution in [2.45, 2.75) is 6.92 Å². The van der Waals surface area contributed by atoms with E-state index in [9.17, 15) is 4.79 Å². The van der Waals surface area contributed by atoms with Crippen LogP contribution in [0.25, 0.3) is 11.6 Å². The number of hydrogen-bond donors (Lipinski definition) is 0. The van der Waals surface area contributed by atoms with E-state index in [2.05, 4.69) is 10.3 Å². The summed E-state index contributed by atoms with van der Waals surface area (Å²) in [7, 11) is 0. The van der Waals surface area contributed by atoms with Crippen molar-refractivity contribution in [3.8, 4) is 0 Å². The van der Waals surface area contributed by atoms with Gasteiger partial charge in [0.2, 0.25) is 0 Å². The van der Waals surface area contributed by atoms with Crippen LogP contribution in [0, 0.1) is 0 Å². The molecule has 0 N–H and O–H groups in total. The Hall–Kier alpha value is -1.97. The topological polar surface area (TPSA) is 47.3 Å². The zero-order chi connectivity index (χ0) is 9.97. The van der Waals surface area contributed by atoms with Gasteiger partial charge in [0.05, 0.1) is 5.52 Å². The molecule has 14 heavy (non-hydrogen) atoms. The maximum atomic E-state index is 10.7. The minimum Gasteiger partial charge on any atom is -0.295 e. The number of carbonyl (C=O) groups is 1. The summed E-state index contributed by atoms with van der Waals surface area (Å²) in [6.45, 7) is 1.50. The maximum Gasteiger partial charge on any atom is 0.152 e. The molecule has 0 atom stereocenters. The third-order valence-electron chi connectivity index (χ3n) is 1.83. The zero-order valence-electron chi connectivity index (χ0n) is 7.71. The average molecular weight is 187 g/mol. The van der Waals surface area contributed by atoms with Gasteiger partial charge in [0, 0.05) is 6.20 Å². The van der Waals surface area contributed by atoms with E-state index in [1.54, 1.807) is 10.6 Å². The van der Waals surface area contributed by atoms with Crippen molar-refractivity contribution in [1.82, 2.24) is 14.8 Å². The Morgan fingerprint density at radius 3 is 3.14 bits per heavy atom. The molecule has 0 aliphatic heterocycles. The normalized spacial score (nSPS) is 11.2. The minimum absolute atomic E-state index is 0.00193. The number of hydrogen-bond acceptors (Lipinski definition) is 3. The van der Waals surface area contributed by atoms with Crippen molar-refractivity contribution < 1.29 is 4.79 Å². The Morgan fingerprint density at radius 1 is 1.50 bits per heavy atom. The average Bonchev–Trinajstić information content (AvgIpc) is 2.58. The Bertz CT molecular complexity index is 499. The minimum atomic E-state index is 0.00193. The number of aromatic nitrogens is 3. The van der Waals surface area contributed by atoms with Gasteiger partial charge in [-0.1, -0.05) is 11.3 Å². The van der Waals surface area contributed by atoms with Crippen LogP contribution in [0.2, 0.25) is 0 Å². The summed E-state index contributed by atoms with van der Waals surface area (Å²) < 4.78 is 1.67. The van der Waals surface area contributed by atoms with Gasteiger partial charge >= 0.3 is 0 Å². The van der Waals surface area contributed by atoms with Gasteiger partial charge in [-0.3, -0.25) is 4.79 Å². The summed E-state index contributed by atoms with van der Waals surface area (Å²) >= 11 is 0. The molecule has 0 fully saturated rings. The maximum absolute atomic E-state index is 10.7. The van der Waals surface area contributed by atoms with Crippen molar-refractivity contribution in [3.05, 3.63) is 36.2 Å². The van der Waals surface area contributed by atoms with E-state index in [0.29, 0.717) is 5.69 Å². The Morgan fingerprint density at radius 2 is 2.36 bits per heavy atom. The molecule has 70 valence electrons. The molecule has 0 bridgehead atoms. The first-order valence-electron chi connectivity index (χ1n) is 4.26.